The van der Waals surface area contributed by atoms with Crippen LogP contribution in [-0.4, -0.2) is 47.4 Å². The molecule has 1 aliphatic heterocycles. The molecule has 1 atom stereocenters. The number of pyridine rings is 1. The van der Waals surface area contributed by atoms with Crippen LogP contribution >= 0.6 is 0 Å². The number of rotatable bonds is 5. The van der Waals surface area contributed by atoms with E-state index < -0.39 is 34.8 Å². The molecule has 0 aliphatic carbocycles. The number of alkyl halides is 4. The SMILES string of the molecule is C[C@@H](c1cc(F)cc(-n2cc3c(C(F)(F)F)cc(CN4CCC(C)(F)CC4)cn3c2=O)c1)c1nncn1C. The van der Waals surface area contributed by atoms with Gasteiger partial charge >= 0.3 is 11.9 Å². The number of hydrogen-bond acceptors (Lipinski definition) is 4. The first-order chi connectivity index (χ1) is 17.8. The Hall–Kier alpha value is -3.54. The predicted octanol–water partition coefficient (Wildman–Crippen LogP) is 4.85. The summed E-state index contributed by atoms with van der Waals surface area (Å²) >= 11 is 0. The number of benzene rings is 1. The van der Waals surface area contributed by atoms with Gasteiger partial charge in [-0.25, -0.2) is 13.6 Å². The second-order valence-electron chi connectivity index (χ2n) is 10.3. The second kappa shape index (κ2) is 9.33. The molecule has 38 heavy (non-hydrogen) atoms. The van der Waals surface area contributed by atoms with Crippen LogP contribution in [0.2, 0.25) is 0 Å². The van der Waals surface area contributed by atoms with Crippen LogP contribution in [0.3, 0.4) is 0 Å². The van der Waals surface area contributed by atoms with E-state index in [4.69, 9.17) is 0 Å². The molecule has 1 saturated heterocycles. The van der Waals surface area contributed by atoms with Crippen LogP contribution in [0.4, 0.5) is 22.0 Å². The van der Waals surface area contributed by atoms with E-state index in [1.807, 2.05) is 4.90 Å². The normalized spacial score (nSPS) is 17.3. The Kier molecular flexibility index (Phi) is 6.41. The van der Waals surface area contributed by atoms with E-state index in [2.05, 4.69) is 10.2 Å². The molecular weight excluding hydrogens is 507 g/mol. The van der Waals surface area contributed by atoms with Gasteiger partial charge in [0.25, 0.3) is 0 Å². The monoisotopic (exact) mass is 534 g/mol. The molecule has 0 bridgehead atoms. The minimum atomic E-state index is -4.73. The standard InChI is InChI=1S/C26H27F5N6O/c1-16(23-33-32-15-34(23)3)18-9-19(27)11-20(10-18)36-14-22-21(26(29,30)31)8-17(13-37(22)24(36)38)12-35-6-4-25(2,28)5-7-35/h8-11,13-16H,4-7,12H2,1-3H3/t16-/m0/s1. The maximum absolute atomic E-state index is 14.7. The van der Waals surface area contributed by atoms with E-state index >= 15 is 0 Å². The van der Waals surface area contributed by atoms with Gasteiger partial charge in [-0.1, -0.05) is 6.92 Å². The van der Waals surface area contributed by atoms with Crippen molar-refractivity contribution in [2.24, 2.45) is 7.05 Å². The lowest BCUT2D eigenvalue weighted by Crippen LogP contribution is -2.39. The van der Waals surface area contributed by atoms with Crippen LogP contribution < -0.4 is 5.69 Å². The van der Waals surface area contributed by atoms with E-state index in [0.717, 1.165) is 27.3 Å². The summed E-state index contributed by atoms with van der Waals surface area (Å²) in [4.78, 5) is 15.2. The first-order valence-electron chi connectivity index (χ1n) is 12.2. The molecule has 1 fully saturated rings. The number of halogens is 5. The minimum absolute atomic E-state index is 0.0932. The van der Waals surface area contributed by atoms with Crippen molar-refractivity contribution in [2.45, 2.75) is 51.0 Å². The quantitative estimate of drug-likeness (QED) is 0.344. The van der Waals surface area contributed by atoms with Gasteiger partial charge < -0.3 is 4.57 Å². The van der Waals surface area contributed by atoms with E-state index in [0.29, 0.717) is 24.5 Å². The third kappa shape index (κ3) is 4.96. The first-order valence-corrected chi connectivity index (χ1v) is 12.2. The predicted molar refractivity (Wildman–Crippen MR) is 130 cm³/mol. The van der Waals surface area contributed by atoms with Gasteiger partial charge in [-0.3, -0.25) is 13.9 Å². The number of nitrogens with zero attached hydrogens (tertiary/aromatic N) is 6. The molecule has 0 amide bonds. The molecular formula is C26H27F5N6O. The first kappa shape index (κ1) is 26.1. The fourth-order valence-electron chi connectivity index (χ4n) is 5.00. The zero-order valence-electron chi connectivity index (χ0n) is 21.1. The Morgan fingerprint density at radius 1 is 1.11 bits per heavy atom. The van der Waals surface area contributed by atoms with E-state index in [1.165, 1.54) is 25.5 Å². The highest BCUT2D eigenvalue weighted by molar-refractivity contribution is 5.58. The highest BCUT2D eigenvalue weighted by Gasteiger charge is 2.35. The largest absolute Gasteiger partial charge is 0.418 e. The average Bonchev–Trinajstić information content (AvgIpc) is 3.41. The minimum Gasteiger partial charge on any atom is -0.320 e. The Balaban J connectivity index is 1.57. The van der Waals surface area contributed by atoms with Crippen LogP contribution in [-0.2, 0) is 19.8 Å². The van der Waals surface area contributed by atoms with Crippen molar-refractivity contribution in [3.63, 3.8) is 0 Å². The number of hydrogen-bond donors (Lipinski definition) is 0. The summed E-state index contributed by atoms with van der Waals surface area (Å²) < 4.78 is 74.8. The van der Waals surface area contributed by atoms with Crippen LogP contribution in [0.15, 0.2) is 47.8 Å². The Bertz CT molecular complexity index is 1540. The number of fused-ring (bicyclic) bond motifs is 1. The zero-order chi connectivity index (χ0) is 27.4. The lowest BCUT2D eigenvalue weighted by Gasteiger charge is -2.34. The fourth-order valence-corrected chi connectivity index (χ4v) is 5.00. The van der Waals surface area contributed by atoms with Gasteiger partial charge in [0.05, 0.1) is 16.8 Å². The third-order valence-corrected chi connectivity index (χ3v) is 7.25. The van der Waals surface area contributed by atoms with Crippen molar-refractivity contribution in [3.8, 4) is 5.69 Å². The Morgan fingerprint density at radius 3 is 2.45 bits per heavy atom. The molecule has 3 aromatic heterocycles. The Labute approximate surface area is 215 Å². The highest BCUT2D eigenvalue weighted by atomic mass is 19.4. The molecule has 0 saturated carbocycles. The molecule has 202 valence electrons. The van der Waals surface area contributed by atoms with Crippen molar-refractivity contribution in [1.29, 1.82) is 0 Å². The van der Waals surface area contributed by atoms with E-state index in [1.54, 1.807) is 24.6 Å². The van der Waals surface area contributed by atoms with Crippen LogP contribution in [0.5, 0.6) is 0 Å². The van der Waals surface area contributed by atoms with E-state index in [9.17, 15) is 26.7 Å². The molecule has 0 unspecified atom stereocenters. The summed E-state index contributed by atoms with van der Waals surface area (Å²) in [6.07, 6.45) is -0.205. The molecule has 7 nitrogen and oxygen atoms in total. The van der Waals surface area contributed by atoms with Crippen LogP contribution in [0.25, 0.3) is 11.2 Å². The lowest BCUT2D eigenvalue weighted by molar-refractivity contribution is -0.136. The average molecular weight is 535 g/mol. The maximum Gasteiger partial charge on any atom is 0.418 e. The van der Waals surface area contributed by atoms with Crippen molar-refractivity contribution in [3.05, 3.63) is 81.8 Å². The van der Waals surface area contributed by atoms with E-state index in [-0.39, 0.29) is 36.2 Å². The summed E-state index contributed by atoms with van der Waals surface area (Å²) in [5.41, 5.74) is -2.50. The van der Waals surface area contributed by atoms with Gasteiger partial charge in [-0.05, 0) is 55.2 Å². The molecule has 0 spiro atoms. The second-order valence-corrected chi connectivity index (χ2v) is 10.3. The smallest absolute Gasteiger partial charge is 0.320 e. The topological polar surface area (TPSA) is 60.4 Å². The van der Waals surface area contributed by atoms with Gasteiger partial charge in [-0.2, -0.15) is 13.2 Å². The molecule has 1 aliphatic rings. The van der Waals surface area contributed by atoms with Crippen LogP contribution in [0, 0.1) is 5.82 Å². The molecule has 12 heteroatoms. The fraction of sp³-hybridized carbons (Fsp3) is 0.423. The van der Waals surface area contributed by atoms with Crippen molar-refractivity contribution in [1.82, 2.24) is 28.6 Å². The summed E-state index contributed by atoms with van der Waals surface area (Å²) in [6.45, 7) is 4.26. The molecule has 0 radical (unpaired) electrons. The van der Waals surface area contributed by atoms with Gasteiger partial charge in [0.2, 0.25) is 0 Å². The van der Waals surface area contributed by atoms with Crippen LogP contribution in [0.1, 0.15) is 55.1 Å². The van der Waals surface area contributed by atoms with Gasteiger partial charge in [0.15, 0.2) is 0 Å². The summed E-state index contributed by atoms with van der Waals surface area (Å²) in [5, 5.41) is 7.88. The summed E-state index contributed by atoms with van der Waals surface area (Å²) in [7, 11) is 1.74. The third-order valence-electron chi connectivity index (χ3n) is 7.25. The zero-order valence-corrected chi connectivity index (χ0v) is 21.1. The molecule has 4 heterocycles. The highest BCUT2D eigenvalue weighted by Crippen LogP contribution is 2.34. The number of piperidine rings is 1. The van der Waals surface area contributed by atoms with Crippen molar-refractivity contribution in [2.75, 3.05) is 13.1 Å². The summed E-state index contributed by atoms with van der Waals surface area (Å²) in [6, 6.07) is 4.97. The van der Waals surface area contributed by atoms with Gasteiger partial charge in [0, 0.05) is 45.0 Å². The Morgan fingerprint density at radius 2 is 1.82 bits per heavy atom. The molecule has 0 N–H and O–H groups in total. The lowest BCUT2D eigenvalue weighted by atomic mass is 9.95. The molecule has 4 aromatic rings. The van der Waals surface area contributed by atoms with Gasteiger partial charge in [0.1, 0.15) is 23.6 Å². The van der Waals surface area contributed by atoms with Crippen molar-refractivity contribution < 1.29 is 22.0 Å². The van der Waals surface area contributed by atoms with Gasteiger partial charge in [-0.15, -0.1) is 10.2 Å². The summed E-state index contributed by atoms with van der Waals surface area (Å²) in [5.74, 6) is -0.473. The molecule has 1 aromatic carbocycles. The number of imidazole rings is 1. The number of aryl methyl sites for hydroxylation is 1. The number of aromatic nitrogens is 5. The molecule has 5 rings (SSSR count). The number of likely N-dealkylation sites (tertiary alicyclic amines) is 1. The van der Waals surface area contributed by atoms with Crippen molar-refractivity contribution >= 4 is 5.52 Å². The maximum atomic E-state index is 14.7.